The van der Waals surface area contributed by atoms with Crippen molar-refractivity contribution in [3.8, 4) is 11.5 Å². The molecule has 0 aliphatic rings. The minimum absolute atomic E-state index is 0.239. The predicted molar refractivity (Wildman–Crippen MR) is 74.8 cm³/mol. The first-order valence-electron chi connectivity index (χ1n) is 5.94. The molecular weight excluding hydrogens is 246 g/mol. The van der Waals surface area contributed by atoms with Crippen molar-refractivity contribution in [1.29, 1.82) is 0 Å². The fraction of sp³-hybridized carbons (Fsp3) is 0.462. The molecule has 6 nitrogen and oxygen atoms in total. The van der Waals surface area contributed by atoms with E-state index in [-0.39, 0.29) is 5.91 Å². The number of hydrogen-bond acceptors (Lipinski definition) is 5. The van der Waals surface area contributed by atoms with Gasteiger partial charge in [0, 0.05) is 19.2 Å². The van der Waals surface area contributed by atoms with Crippen LogP contribution >= 0.6 is 0 Å². The predicted octanol–water partition coefficient (Wildman–Crippen LogP) is 0.577. The smallest absolute Gasteiger partial charge is 0.253 e. The van der Waals surface area contributed by atoms with E-state index >= 15 is 0 Å². The molecule has 1 aromatic rings. The van der Waals surface area contributed by atoms with Crippen molar-refractivity contribution >= 4 is 11.6 Å². The quantitative estimate of drug-likeness (QED) is 0.737. The van der Waals surface area contributed by atoms with Crippen molar-refractivity contribution < 1.29 is 14.3 Å². The summed E-state index contributed by atoms with van der Waals surface area (Å²) in [5.74, 6) is 0.720. The zero-order chi connectivity index (χ0) is 14.4. The van der Waals surface area contributed by atoms with Crippen LogP contribution in [0.3, 0.4) is 0 Å². The van der Waals surface area contributed by atoms with Crippen LogP contribution < -0.4 is 20.5 Å². The van der Waals surface area contributed by atoms with Gasteiger partial charge in [-0.2, -0.15) is 0 Å². The van der Waals surface area contributed by atoms with Crippen LogP contribution in [0.25, 0.3) is 0 Å². The summed E-state index contributed by atoms with van der Waals surface area (Å²) in [6, 6.07) is 3.24. The monoisotopic (exact) mass is 267 g/mol. The van der Waals surface area contributed by atoms with Crippen molar-refractivity contribution in [3.63, 3.8) is 0 Å². The van der Waals surface area contributed by atoms with Gasteiger partial charge in [-0.1, -0.05) is 0 Å². The van der Waals surface area contributed by atoms with E-state index in [1.807, 2.05) is 19.0 Å². The molecule has 0 bridgehead atoms. The van der Waals surface area contributed by atoms with Gasteiger partial charge in [0.15, 0.2) is 0 Å². The van der Waals surface area contributed by atoms with Gasteiger partial charge in [0.1, 0.15) is 11.5 Å². The van der Waals surface area contributed by atoms with Crippen LogP contribution in [-0.4, -0.2) is 52.2 Å². The molecule has 6 heteroatoms. The molecule has 0 aromatic heterocycles. The topological polar surface area (TPSA) is 76.8 Å². The highest BCUT2D eigenvalue weighted by Crippen LogP contribution is 2.30. The average molecular weight is 267 g/mol. The van der Waals surface area contributed by atoms with Crippen molar-refractivity contribution in [1.82, 2.24) is 10.2 Å². The molecule has 0 radical (unpaired) electrons. The number of carbonyl (C=O) groups excluding carboxylic acids is 1. The third-order valence-electron chi connectivity index (χ3n) is 2.66. The van der Waals surface area contributed by atoms with Gasteiger partial charge in [0.2, 0.25) is 0 Å². The Bertz CT molecular complexity index is 447. The van der Waals surface area contributed by atoms with E-state index in [1.165, 1.54) is 14.2 Å². The number of rotatable bonds is 6. The van der Waals surface area contributed by atoms with Crippen LogP contribution in [0.5, 0.6) is 11.5 Å². The number of nitrogens with zero attached hydrogens (tertiary/aromatic N) is 1. The molecule has 0 saturated heterocycles. The van der Waals surface area contributed by atoms with Gasteiger partial charge in [0.05, 0.1) is 25.5 Å². The van der Waals surface area contributed by atoms with E-state index < -0.39 is 0 Å². The summed E-state index contributed by atoms with van der Waals surface area (Å²) in [5.41, 5.74) is 6.57. The molecule has 0 saturated carbocycles. The second-order valence-corrected chi connectivity index (χ2v) is 4.35. The van der Waals surface area contributed by atoms with Crippen LogP contribution in [0.1, 0.15) is 10.4 Å². The van der Waals surface area contributed by atoms with Crippen molar-refractivity contribution in [2.75, 3.05) is 47.1 Å². The molecule has 0 aliphatic carbocycles. The maximum atomic E-state index is 12.1. The zero-order valence-corrected chi connectivity index (χ0v) is 11.8. The van der Waals surface area contributed by atoms with E-state index in [0.29, 0.717) is 29.3 Å². The Kier molecular flexibility index (Phi) is 5.44. The molecule has 19 heavy (non-hydrogen) atoms. The minimum Gasteiger partial charge on any atom is -0.497 e. The second-order valence-electron chi connectivity index (χ2n) is 4.35. The number of ether oxygens (including phenoxy) is 2. The number of nitrogens with one attached hydrogen (secondary N) is 1. The lowest BCUT2D eigenvalue weighted by atomic mass is 10.1. The number of amides is 1. The molecule has 0 fully saturated rings. The number of hydrogen-bond donors (Lipinski definition) is 2. The summed E-state index contributed by atoms with van der Waals surface area (Å²) in [4.78, 5) is 14.0. The second kappa shape index (κ2) is 6.84. The van der Waals surface area contributed by atoms with E-state index in [1.54, 1.807) is 12.1 Å². The first-order valence-corrected chi connectivity index (χ1v) is 5.94. The lowest BCUT2D eigenvalue weighted by Crippen LogP contribution is -2.31. The Morgan fingerprint density at radius 1 is 1.32 bits per heavy atom. The summed E-state index contributed by atoms with van der Waals surface area (Å²) in [7, 11) is 6.90. The van der Waals surface area contributed by atoms with E-state index in [0.717, 1.165) is 6.54 Å². The molecule has 3 N–H and O–H groups in total. The lowest BCUT2D eigenvalue weighted by molar-refractivity contribution is 0.0951. The van der Waals surface area contributed by atoms with Gasteiger partial charge in [0.25, 0.3) is 5.91 Å². The maximum Gasteiger partial charge on any atom is 0.253 e. The largest absolute Gasteiger partial charge is 0.497 e. The number of anilines is 1. The van der Waals surface area contributed by atoms with Gasteiger partial charge >= 0.3 is 0 Å². The van der Waals surface area contributed by atoms with Crippen molar-refractivity contribution in [2.45, 2.75) is 0 Å². The SMILES string of the molecule is COc1cc(OC)c(N)c(C(=O)NCCN(C)C)c1. The fourth-order valence-electron chi connectivity index (χ4n) is 1.56. The average Bonchev–Trinajstić information content (AvgIpc) is 2.38. The first kappa shape index (κ1) is 15.1. The van der Waals surface area contributed by atoms with Crippen LogP contribution in [0.4, 0.5) is 5.69 Å². The van der Waals surface area contributed by atoms with Crippen molar-refractivity contribution in [2.24, 2.45) is 0 Å². The van der Waals surface area contributed by atoms with Crippen LogP contribution in [0.15, 0.2) is 12.1 Å². The summed E-state index contributed by atoms with van der Waals surface area (Å²) >= 11 is 0. The Morgan fingerprint density at radius 2 is 2.00 bits per heavy atom. The molecule has 0 unspecified atom stereocenters. The number of benzene rings is 1. The van der Waals surface area contributed by atoms with E-state index in [2.05, 4.69) is 5.32 Å². The molecule has 0 heterocycles. The van der Waals surface area contributed by atoms with Gasteiger partial charge in [-0.3, -0.25) is 4.79 Å². The number of methoxy groups -OCH3 is 2. The Hall–Kier alpha value is -1.95. The van der Waals surface area contributed by atoms with Crippen LogP contribution in [0, 0.1) is 0 Å². The molecule has 0 atom stereocenters. The normalized spacial score (nSPS) is 10.4. The lowest BCUT2D eigenvalue weighted by Gasteiger charge is -2.14. The molecule has 0 aliphatic heterocycles. The highest BCUT2D eigenvalue weighted by atomic mass is 16.5. The van der Waals surface area contributed by atoms with Gasteiger partial charge in [-0.15, -0.1) is 0 Å². The maximum absolute atomic E-state index is 12.1. The Labute approximate surface area is 113 Å². The number of carbonyl (C=O) groups is 1. The summed E-state index contributed by atoms with van der Waals surface area (Å²) in [6.07, 6.45) is 0. The molecular formula is C13H21N3O3. The van der Waals surface area contributed by atoms with Gasteiger partial charge in [-0.05, 0) is 20.2 Å². The highest BCUT2D eigenvalue weighted by Gasteiger charge is 2.15. The van der Waals surface area contributed by atoms with Crippen molar-refractivity contribution in [3.05, 3.63) is 17.7 Å². The third-order valence-corrected chi connectivity index (χ3v) is 2.66. The molecule has 106 valence electrons. The summed E-state index contributed by atoms with van der Waals surface area (Å²) in [6.45, 7) is 1.30. The van der Waals surface area contributed by atoms with Crippen LogP contribution in [-0.2, 0) is 0 Å². The standard InChI is InChI=1S/C13H21N3O3/c1-16(2)6-5-15-13(17)10-7-9(18-3)8-11(19-4)12(10)14/h7-8H,5-6,14H2,1-4H3,(H,15,17). The molecule has 1 rings (SSSR count). The van der Waals surface area contributed by atoms with Gasteiger partial charge in [-0.25, -0.2) is 0 Å². The van der Waals surface area contributed by atoms with Crippen LogP contribution in [0.2, 0.25) is 0 Å². The molecule has 0 spiro atoms. The highest BCUT2D eigenvalue weighted by molar-refractivity contribution is 6.00. The minimum atomic E-state index is -0.239. The number of likely N-dealkylation sites (N-methyl/N-ethyl adjacent to an activating group) is 1. The Balaban J connectivity index is 2.89. The molecule has 1 aromatic carbocycles. The first-order chi connectivity index (χ1) is 8.99. The number of nitrogens with two attached hydrogens (primary N) is 1. The molecule has 1 amide bonds. The van der Waals surface area contributed by atoms with E-state index in [9.17, 15) is 4.79 Å². The summed E-state index contributed by atoms with van der Waals surface area (Å²) < 4.78 is 10.2. The zero-order valence-electron chi connectivity index (χ0n) is 11.8. The third kappa shape index (κ3) is 4.03. The Morgan fingerprint density at radius 3 is 2.53 bits per heavy atom. The van der Waals surface area contributed by atoms with E-state index in [4.69, 9.17) is 15.2 Å². The number of nitrogen functional groups attached to an aromatic ring is 1. The van der Waals surface area contributed by atoms with Gasteiger partial charge < -0.3 is 25.4 Å². The summed E-state index contributed by atoms with van der Waals surface area (Å²) in [5, 5.41) is 2.80. The fourth-order valence-corrected chi connectivity index (χ4v) is 1.56.